The molecule has 1 atom stereocenters. The Balaban J connectivity index is 2.80. The van der Waals surface area contributed by atoms with Gasteiger partial charge >= 0.3 is 0 Å². The molecule has 1 fully saturated rings. The Bertz CT molecular complexity index is 131. The molecule has 1 nitrogen and oxygen atoms in total. The van der Waals surface area contributed by atoms with Gasteiger partial charge in [-0.3, -0.25) is 0 Å². The molecule has 1 heteroatoms. The van der Waals surface area contributed by atoms with E-state index >= 15 is 0 Å². The fraction of sp³-hybridized carbons (Fsp3) is 1.00. The van der Waals surface area contributed by atoms with Gasteiger partial charge in [0, 0.05) is 11.8 Å². The minimum atomic E-state index is 0.568. The number of quaternary nitrogens is 1. The molecule has 0 bridgehead atoms. The van der Waals surface area contributed by atoms with Crippen molar-refractivity contribution in [2.24, 2.45) is 5.41 Å². The van der Waals surface area contributed by atoms with Crippen LogP contribution in [0.1, 0.15) is 33.6 Å². The Morgan fingerprint density at radius 2 is 1.91 bits per heavy atom. The van der Waals surface area contributed by atoms with E-state index in [1.165, 1.54) is 23.9 Å². The Kier molecular flexibility index (Phi) is 2.04. The van der Waals surface area contributed by atoms with Crippen molar-refractivity contribution in [2.45, 2.75) is 39.7 Å². The molecule has 0 aromatic carbocycles. The van der Waals surface area contributed by atoms with E-state index in [1.807, 2.05) is 0 Å². The smallest absolute Gasteiger partial charge is 0.0937 e. The SMILES string of the molecule is CCC1C(C)(C)CC[N+]1(C)C. The summed E-state index contributed by atoms with van der Waals surface area (Å²) >= 11 is 0. The van der Waals surface area contributed by atoms with Gasteiger partial charge in [-0.2, -0.15) is 0 Å². The van der Waals surface area contributed by atoms with Gasteiger partial charge in [-0.15, -0.1) is 0 Å². The summed E-state index contributed by atoms with van der Waals surface area (Å²) in [4.78, 5) is 0. The maximum Gasteiger partial charge on any atom is 0.0937 e. The first-order valence-corrected chi connectivity index (χ1v) is 4.73. The van der Waals surface area contributed by atoms with Gasteiger partial charge in [0.25, 0.3) is 0 Å². The zero-order valence-electron chi connectivity index (χ0n) is 8.65. The summed E-state index contributed by atoms with van der Waals surface area (Å²) < 4.78 is 1.23. The molecule has 0 aliphatic carbocycles. The topological polar surface area (TPSA) is 0 Å². The van der Waals surface area contributed by atoms with Crippen molar-refractivity contribution in [3.63, 3.8) is 0 Å². The molecule has 11 heavy (non-hydrogen) atoms. The Hall–Kier alpha value is -0.0400. The van der Waals surface area contributed by atoms with Crippen LogP contribution in [-0.2, 0) is 0 Å². The fourth-order valence-electron chi connectivity index (χ4n) is 2.89. The van der Waals surface area contributed by atoms with Crippen LogP contribution >= 0.6 is 0 Å². The second-order valence-corrected chi connectivity index (χ2v) is 5.16. The number of rotatable bonds is 1. The number of hydrogen-bond donors (Lipinski definition) is 0. The van der Waals surface area contributed by atoms with Crippen molar-refractivity contribution in [3.05, 3.63) is 0 Å². The highest BCUT2D eigenvalue weighted by Crippen LogP contribution is 2.40. The van der Waals surface area contributed by atoms with Crippen LogP contribution in [0, 0.1) is 5.41 Å². The van der Waals surface area contributed by atoms with Crippen molar-refractivity contribution < 1.29 is 4.48 Å². The van der Waals surface area contributed by atoms with Gasteiger partial charge in [0.15, 0.2) is 0 Å². The van der Waals surface area contributed by atoms with Crippen LogP contribution in [0.15, 0.2) is 0 Å². The molecular formula is C10H22N+. The van der Waals surface area contributed by atoms with Crippen molar-refractivity contribution in [1.82, 2.24) is 0 Å². The molecular weight excluding hydrogens is 134 g/mol. The quantitative estimate of drug-likeness (QED) is 0.511. The van der Waals surface area contributed by atoms with E-state index in [1.54, 1.807) is 0 Å². The van der Waals surface area contributed by atoms with E-state index in [9.17, 15) is 0 Å². The Morgan fingerprint density at radius 1 is 1.36 bits per heavy atom. The van der Waals surface area contributed by atoms with Gasteiger partial charge in [0.2, 0.25) is 0 Å². The largest absolute Gasteiger partial charge is 0.326 e. The molecule has 0 spiro atoms. The molecule has 0 saturated carbocycles. The summed E-state index contributed by atoms with van der Waals surface area (Å²) in [5, 5.41) is 0. The maximum absolute atomic E-state index is 2.41. The molecule has 0 radical (unpaired) electrons. The summed E-state index contributed by atoms with van der Waals surface area (Å²) in [6, 6.07) is 0.863. The summed E-state index contributed by atoms with van der Waals surface area (Å²) in [6.07, 6.45) is 2.71. The van der Waals surface area contributed by atoms with Crippen LogP contribution in [-0.4, -0.2) is 31.2 Å². The monoisotopic (exact) mass is 156 g/mol. The van der Waals surface area contributed by atoms with Gasteiger partial charge in [0.1, 0.15) is 0 Å². The molecule has 0 N–H and O–H groups in total. The Labute approximate surface area is 71.0 Å². The molecule has 1 heterocycles. The lowest BCUT2D eigenvalue weighted by molar-refractivity contribution is -0.905. The van der Waals surface area contributed by atoms with Crippen LogP contribution in [0.2, 0.25) is 0 Å². The summed E-state index contributed by atoms with van der Waals surface area (Å²) in [5.74, 6) is 0. The molecule has 1 rings (SSSR count). The number of hydrogen-bond acceptors (Lipinski definition) is 0. The zero-order chi connectivity index (χ0) is 8.70. The van der Waals surface area contributed by atoms with Crippen molar-refractivity contribution >= 4 is 0 Å². The second kappa shape index (κ2) is 2.48. The van der Waals surface area contributed by atoms with Crippen molar-refractivity contribution in [3.8, 4) is 0 Å². The van der Waals surface area contributed by atoms with Gasteiger partial charge in [-0.05, 0) is 6.42 Å². The van der Waals surface area contributed by atoms with Crippen LogP contribution in [0.5, 0.6) is 0 Å². The van der Waals surface area contributed by atoms with E-state index in [-0.39, 0.29) is 0 Å². The van der Waals surface area contributed by atoms with Gasteiger partial charge in [-0.1, -0.05) is 20.8 Å². The summed E-state index contributed by atoms with van der Waals surface area (Å²) in [6.45, 7) is 8.49. The van der Waals surface area contributed by atoms with E-state index in [2.05, 4.69) is 34.9 Å². The molecule has 1 aliphatic heterocycles. The molecule has 0 aromatic rings. The molecule has 1 saturated heterocycles. The van der Waals surface area contributed by atoms with Crippen molar-refractivity contribution in [2.75, 3.05) is 20.6 Å². The first-order valence-electron chi connectivity index (χ1n) is 4.73. The van der Waals surface area contributed by atoms with Gasteiger partial charge in [-0.25, -0.2) is 0 Å². The minimum Gasteiger partial charge on any atom is -0.326 e. The number of likely N-dealkylation sites (tertiary alicyclic amines) is 1. The second-order valence-electron chi connectivity index (χ2n) is 5.16. The lowest BCUT2D eigenvalue weighted by Gasteiger charge is -2.36. The van der Waals surface area contributed by atoms with Crippen LogP contribution in [0.3, 0.4) is 0 Å². The molecule has 1 aliphatic rings. The first kappa shape index (κ1) is 9.05. The standard InChI is InChI=1S/C10H22N/c1-6-9-10(2,3)7-8-11(9,4)5/h9H,6-8H2,1-5H3/q+1. The predicted octanol–water partition coefficient (Wildman–Crippen LogP) is 2.27. The number of nitrogens with zero attached hydrogens (tertiary/aromatic N) is 1. The molecule has 0 amide bonds. The lowest BCUT2D eigenvalue weighted by atomic mass is 9.83. The average molecular weight is 156 g/mol. The van der Waals surface area contributed by atoms with E-state index < -0.39 is 0 Å². The van der Waals surface area contributed by atoms with E-state index in [0.29, 0.717) is 5.41 Å². The normalized spacial score (nSPS) is 34.1. The first-order chi connectivity index (χ1) is 4.90. The zero-order valence-corrected chi connectivity index (χ0v) is 8.65. The third-order valence-electron chi connectivity index (χ3n) is 3.46. The highest BCUT2D eigenvalue weighted by Gasteiger charge is 2.46. The lowest BCUT2D eigenvalue weighted by Crippen LogP contribution is -2.47. The minimum absolute atomic E-state index is 0.568. The summed E-state index contributed by atoms with van der Waals surface area (Å²) in [5.41, 5.74) is 0.568. The van der Waals surface area contributed by atoms with Gasteiger partial charge < -0.3 is 4.48 Å². The third-order valence-corrected chi connectivity index (χ3v) is 3.46. The average Bonchev–Trinajstić information content (AvgIpc) is 2.03. The van der Waals surface area contributed by atoms with E-state index in [4.69, 9.17) is 0 Å². The van der Waals surface area contributed by atoms with Crippen LogP contribution in [0.4, 0.5) is 0 Å². The highest BCUT2D eigenvalue weighted by molar-refractivity contribution is 4.83. The molecule has 66 valence electrons. The van der Waals surface area contributed by atoms with Crippen molar-refractivity contribution in [1.29, 1.82) is 0 Å². The highest BCUT2D eigenvalue weighted by atomic mass is 15.4. The van der Waals surface area contributed by atoms with Gasteiger partial charge in [0.05, 0.1) is 26.7 Å². The third kappa shape index (κ3) is 1.44. The maximum atomic E-state index is 2.41. The predicted molar refractivity (Wildman–Crippen MR) is 49.5 cm³/mol. The summed E-state index contributed by atoms with van der Waals surface area (Å²) in [7, 11) is 4.73. The Morgan fingerprint density at radius 3 is 2.09 bits per heavy atom. The molecule has 0 aromatic heterocycles. The van der Waals surface area contributed by atoms with Crippen LogP contribution < -0.4 is 0 Å². The molecule has 1 unspecified atom stereocenters. The fourth-order valence-corrected chi connectivity index (χ4v) is 2.89. The van der Waals surface area contributed by atoms with Crippen LogP contribution in [0.25, 0.3) is 0 Å². The van der Waals surface area contributed by atoms with E-state index in [0.717, 1.165) is 6.04 Å².